The zero-order valence-corrected chi connectivity index (χ0v) is 18.0. The summed E-state index contributed by atoms with van der Waals surface area (Å²) in [6.07, 6.45) is 3.41. The first-order valence-electron chi connectivity index (χ1n) is 10.2. The molecule has 0 aromatic heterocycles. The molecule has 0 heterocycles. The summed E-state index contributed by atoms with van der Waals surface area (Å²) in [5, 5.41) is 2.79. The fourth-order valence-electron chi connectivity index (χ4n) is 3.73. The quantitative estimate of drug-likeness (QED) is 0.538. The Balaban J connectivity index is 1.98. The fraction of sp³-hybridized carbons (Fsp3) is 0.522. The number of hydrogen-bond donors (Lipinski definition) is 1. The summed E-state index contributed by atoms with van der Waals surface area (Å²) in [6, 6.07) is 7.69. The molecule has 1 aliphatic carbocycles. The van der Waals surface area contributed by atoms with Crippen LogP contribution in [-0.2, 0) is 25.5 Å². The van der Waals surface area contributed by atoms with E-state index >= 15 is 0 Å². The first-order chi connectivity index (χ1) is 13.8. The van der Waals surface area contributed by atoms with Crippen molar-refractivity contribution in [3.8, 4) is 0 Å². The molecule has 1 aromatic carbocycles. The number of rotatable bonds is 8. The third-order valence-corrected chi connectivity index (χ3v) is 5.41. The minimum absolute atomic E-state index is 0.0660. The van der Waals surface area contributed by atoms with Gasteiger partial charge in [0.1, 0.15) is 0 Å². The van der Waals surface area contributed by atoms with Crippen molar-refractivity contribution in [1.29, 1.82) is 0 Å². The van der Waals surface area contributed by atoms with Gasteiger partial charge >= 0.3 is 5.97 Å². The van der Waals surface area contributed by atoms with Crippen molar-refractivity contribution in [3.05, 3.63) is 47.0 Å². The fourth-order valence-corrected chi connectivity index (χ4v) is 3.73. The number of nitrogens with zero attached hydrogens (tertiary/aromatic N) is 1. The summed E-state index contributed by atoms with van der Waals surface area (Å²) in [5.74, 6) is -0.790. The SMILES string of the molecule is CCOC(=O)/C(C)=C/[C@H](C(C)C)N(C)C(=O)CNC(=O)C1CCc2ccccc21. The van der Waals surface area contributed by atoms with Gasteiger partial charge in [0.25, 0.3) is 0 Å². The predicted octanol–water partition coefficient (Wildman–Crippen LogP) is 2.83. The van der Waals surface area contributed by atoms with Crippen LogP contribution in [0.1, 0.15) is 51.2 Å². The van der Waals surface area contributed by atoms with Crippen molar-refractivity contribution in [1.82, 2.24) is 10.2 Å². The lowest BCUT2D eigenvalue weighted by atomic mass is 9.99. The Kier molecular flexibility index (Phi) is 8.00. The summed E-state index contributed by atoms with van der Waals surface area (Å²) in [7, 11) is 1.69. The van der Waals surface area contributed by atoms with Gasteiger partial charge in [0.2, 0.25) is 11.8 Å². The van der Waals surface area contributed by atoms with Gasteiger partial charge in [-0.1, -0.05) is 44.2 Å². The van der Waals surface area contributed by atoms with Crippen LogP contribution in [0.4, 0.5) is 0 Å². The molecule has 2 rings (SSSR count). The second kappa shape index (κ2) is 10.2. The van der Waals surface area contributed by atoms with Gasteiger partial charge in [0.05, 0.1) is 25.1 Å². The molecule has 6 heteroatoms. The highest BCUT2D eigenvalue weighted by molar-refractivity contribution is 5.90. The van der Waals surface area contributed by atoms with Gasteiger partial charge < -0.3 is 15.0 Å². The normalized spacial score (nSPS) is 16.9. The monoisotopic (exact) mass is 400 g/mol. The number of fused-ring (bicyclic) bond motifs is 1. The molecule has 0 bridgehead atoms. The number of ether oxygens (including phenoxy) is 1. The number of benzene rings is 1. The van der Waals surface area contributed by atoms with Gasteiger partial charge in [0, 0.05) is 12.6 Å². The van der Waals surface area contributed by atoms with E-state index in [0.29, 0.717) is 12.2 Å². The van der Waals surface area contributed by atoms with E-state index in [1.54, 1.807) is 31.9 Å². The van der Waals surface area contributed by atoms with Gasteiger partial charge in [-0.3, -0.25) is 9.59 Å². The number of carbonyl (C=O) groups is 3. The highest BCUT2D eigenvalue weighted by Gasteiger charge is 2.29. The van der Waals surface area contributed by atoms with Crippen LogP contribution in [0.5, 0.6) is 0 Å². The number of aryl methyl sites for hydroxylation is 1. The van der Waals surface area contributed by atoms with Crippen LogP contribution in [0, 0.1) is 5.92 Å². The molecule has 1 aliphatic rings. The molecule has 0 radical (unpaired) electrons. The molecule has 0 fully saturated rings. The zero-order valence-electron chi connectivity index (χ0n) is 18.0. The molecule has 158 valence electrons. The molecule has 2 amide bonds. The molecule has 6 nitrogen and oxygen atoms in total. The molecular weight excluding hydrogens is 368 g/mol. The van der Waals surface area contributed by atoms with Crippen molar-refractivity contribution in [2.45, 2.75) is 52.5 Å². The van der Waals surface area contributed by atoms with Crippen LogP contribution in [0.25, 0.3) is 0 Å². The maximum Gasteiger partial charge on any atom is 0.333 e. The average molecular weight is 401 g/mol. The maximum absolute atomic E-state index is 12.7. The number of amides is 2. The second-order valence-corrected chi connectivity index (χ2v) is 7.82. The summed E-state index contributed by atoms with van der Waals surface area (Å²) in [6.45, 7) is 7.65. The molecule has 0 spiro atoms. The molecule has 2 atom stereocenters. The van der Waals surface area contributed by atoms with Crippen molar-refractivity contribution < 1.29 is 19.1 Å². The van der Waals surface area contributed by atoms with Crippen molar-refractivity contribution in [2.24, 2.45) is 5.92 Å². The van der Waals surface area contributed by atoms with E-state index in [1.165, 1.54) is 5.56 Å². The third-order valence-electron chi connectivity index (χ3n) is 5.41. The molecular formula is C23H32N2O4. The Morgan fingerprint density at radius 3 is 2.62 bits per heavy atom. The molecule has 0 aliphatic heterocycles. The third kappa shape index (κ3) is 5.68. The summed E-state index contributed by atoms with van der Waals surface area (Å²) in [5.41, 5.74) is 2.73. The number of hydrogen-bond acceptors (Lipinski definition) is 4. The van der Waals surface area contributed by atoms with Gasteiger partial charge in [-0.05, 0) is 43.7 Å². The van der Waals surface area contributed by atoms with E-state index in [9.17, 15) is 14.4 Å². The van der Waals surface area contributed by atoms with E-state index in [-0.39, 0.29) is 42.2 Å². The Labute approximate surface area is 173 Å². The van der Waals surface area contributed by atoms with E-state index in [2.05, 4.69) is 5.32 Å². The first kappa shape index (κ1) is 22.7. The largest absolute Gasteiger partial charge is 0.463 e. The Hall–Kier alpha value is -2.63. The minimum Gasteiger partial charge on any atom is -0.463 e. The molecule has 29 heavy (non-hydrogen) atoms. The molecule has 0 saturated carbocycles. The summed E-state index contributed by atoms with van der Waals surface area (Å²) < 4.78 is 5.02. The van der Waals surface area contributed by atoms with E-state index in [4.69, 9.17) is 4.74 Å². The summed E-state index contributed by atoms with van der Waals surface area (Å²) >= 11 is 0. The van der Waals surface area contributed by atoms with Crippen LogP contribution in [0.2, 0.25) is 0 Å². The topological polar surface area (TPSA) is 75.7 Å². The maximum atomic E-state index is 12.7. The average Bonchev–Trinajstić information content (AvgIpc) is 3.13. The van der Waals surface area contributed by atoms with Gasteiger partial charge in [-0.15, -0.1) is 0 Å². The smallest absolute Gasteiger partial charge is 0.333 e. The van der Waals surface area contributed by atoms with Gasteiger partial charge in [-0.25, -0.2) is 4.79 Å². The van der Waals surface area contributed by atoms with Crippen LogP contribution in [-0.4, -0.2) is 48.9 Å². The lowest BCUT2D eigenvalue weighted by Gasteiger charge is -2.29. The van der Waals surface area contributed by atoms with E-state index < -0.39 is 0 Å². The lowest BCUT2D eigenvalue weighted by molar-refractivity contribution is -0.138. The number of likely N-dealkylation sites (N-methyl/N-ethyl adjacent to an activating group) is 1. The summed E-state index contributed by atoms with van der Waals surface area (Å²) in [4.78, 5) is 38.8. The van der Waals surface area contributed by atoms with Crippen molar-refractivity contribution in [3.63, 3.8) is 0 Å². The first-order valence-corrected chi connectivity index (χ1v) is 10.2. The molecule has 1 aromatic rings. The predicted molar refractivity (Wildman–Crippen MR) is 112 cm³/mol. The molecule has 1 unspecified atom stereocenters. The van der Waals surface area contributed by atoms with Gasteiger partial charge in [-0.2, -0.15) is 0 Å². The number of esters is 1. The van der Waals surface area contributed by atoms with Crippen LogP contribution >= 0.6 is 0 Å². The Bertz CT molecular complexity index is 785. The molecule has 0 saturated heterocycles. The lowest BCUT2D eigenvalue weighted by Crippen LogP contribution is -2.45. The van der Waals surface area contributed by atoms with Crippen LogP contribution < -0.4 is 5.32 Å². The Morgan fingerprint density at radius 1 is 1.28 bits per heavy atom. The molecule has 1 N–H and O–H groups in total. The zero-order chi connectivity index (χ0) is 21.6. The highest BCUT2D eigenvalue weighted by atomic mass is 16.5. The standard InChI is InChI=1S/C23H32N2O4/c1-6-29-23(28)16(4)13-20(15(2)3)25(5)21(26)14-24-22(27)19-12-11-17-9-7-8-10-18(17)19/h7-10,13,15,19-20H,6,11-12,14H2,1-5H3,(H,24,27)/b16-13+/t19?,20-/m1/s1. The van der Waals surface area contributed by atoms with E-state index in [1.807, 2.05) is 38.1 Å². The minimum atomic E-state index is -0.382. The number of carbonyl (C=O) groups excluding carboxylic acids is 3. The van der Waals surface area contributed by atoms with Crippen molar-refractivity contribution >= 4 is 17.8 Å². The van der Waals surface area contributed by atoms with E-state index in [0.717, 1.165) is 18.4 Å². The highest BCUT2D eigenvalue weighted by Crippen LogP contribution is 2.32. The second-order valence-electron chi connectivity index (χ2n) is 7.82. The van der Waals surface area contributed by atoms with Crippen LogP contribution in [0.15, 0.2) is 35.9 Å². The van der Waals surface area contributed by atoms with Gasteiger partial charge in [0.15, 0.2) is 0 Å². The Morgan fingerprint density at radius 2 is 1.97 bits per heavy atom. The number of nitrogens with one attached hydrogen (secondary N) is 1. The van der Waals surface area contributed by atoms with Crippen molar-refractivity contribution in [2.75, 3.05) is 20.2 Å². The van der Waals surface area contributed by atoms with Crippen LogP contribution in [0.3, 0.4) is 0 Å².